The quantitative estimate of drug-likeness (QED) is 0.661. The number of aromatic nitrogens is 2. The number of amides is 1. The first kappa shape index (κ1) is 19.4. The van der Waals surface area contributed by atoms with Crippen molar-refractivity contribution in [3.63, 3.8) is 0 Å². The number of terminal acetylenes is 1. The van der Waals surface area contributed by atoms with E-state index in [2.05, 4.69) is 38.5 Å². The van der Waals surface area contributed by atoms with Crippen LogP contribution >= 0.6 is 11.3 Å². The topological polar surface area (TPSA) is 61.4 Å². The number of fused-ring (bicyclic) bond motifs is 1. The van der Waals surface area contributed by atoms with E-state index in [9.17, 15) is 4.79 Å². The Morgan fingerprint density at radius 1 is 1.17 bits per heavy atom. The maximum Gasteiger partial charge on any atom is 0.234 e. The Bertz CT molecular complexity index is 1030. The average Bonchev–Trinajstić information content (AvgIpc) is 3.19. The fourth-order valence-electron chi connectivity index (χ4n) is 3.57. The number of para-hydroxylation sites is 1. The molecule has 2 aromatic heterocycles. The van der Waals surface area contributed by atoms with Gasteiger partial charge in [0, 0.05) is 42.5 Å². The Morgan fingerprint density at radius 2 is 2.07 bits per heavy atom. The first-order valence-corrected chi connectivity index (χ1v) is 10.7. The second-order valence-corrected chi connectivity index (χ2v) is 7.78. The smallest absolute Gasteiger partial charge is 0.234 e. The molecule has 0 spiro atoms. The second kappa shape index (κ2) is 9.03. The molecule has 29 heavy (non-hydrogen) atoms. The van der Waals surface area contributed by atoms with Gasteiger partial charge >= 0.3 is 0 Å². The zero-order valence-electron chi connectivity index (χ0n) is 16.2. The predicted octanol–water partition coefficient (Wildman–Crippen LogP) is 2.62. The molecule has 1 fully saturated rings. The van der Waals surface area contributed by atoms with Gasteiger partial charge < -0.3 is 10.2 Å². The van der Waals surface area contributed by atoms with E-state index in [1.165, 1.54) is 0 Å². The summed E-state index contributed by atoms with van der Waals surface area (Å²) >= 11 is 1.65. The summed E-state index contributed by atoms with van der Waals surface area (Å²) in [6.07, 6.45) is 6.18. The summed E-state index contributed by atoms with van der Waals surface area (Å²) in [5.41, 5.74) is 2.00. The lowest BCUT2D eigenvalue weighted by Crippen LogP contribution is -2.39. The highest BCUT2D eigenvalue weighted by Crippen LogP contribution is 2.29. The zero-order chi connectivity index (χ0) is 20.1. The van der Waals surface area contributed by atoms with Gasteiger partial charge in [-0.15, -0.1) is 6.42 Å². The van der Waals surface area contributed by atoms with Crippen molar-refractivity contribution in [2.75, 3.05) is 44.2 Å². The Morgan fingerprint density at radius 3 is 2.90 bits per heavy atom. The van der Waals surface area contributed by atoms with Crippen molar-refractivity contribution in [2.45, 2.75) is 6.42 Å². The molecule has 1 N–H and O–H groups in total. The SMILES string of the molecule is C#CCNC(=O)CN1CCCN(c2nc(-c3ccsc3)nc3ccccc23)CC1. The number of anilines is 1. The summed E-state index contributed by atoms with van der Waals surface area (Å²) in [5.74, 6) is 4.14. The molecule has 0 radical (unpaired) electrons. The molecule has 7 heteroatoms. The first-order valence-electron chi connectivity index (χ1n) is 9.71. The Kier molecular flexibility index (Phi) is 6.03. The van der Waals surface area contributed by atoms with E-state index in [0.717, 1.165) is 60.7 Å². The van der Waals surface area contributed by atoms with Crippen LogP contribution in [0, 0.1) is 12.3 Å². The number of nitrogens with zero attached hydrogens (tertiary/aromatic N) is 4. The van der Waals surface area contributed by atoms with Crippen LogP contribution in [0.5, 0.6) is 0 Å². The van der Waals surface area contributed by atoms with Crippen molar-refractivity contribution < 1.29 is 4.79 Å². The number of rotatable bonds is 5. The average molecular weight is 406 g/mol. The minimum atomic E-state index is -0.0244. The molecule has 0 bridgehead atoms. The minimum Gasteiger partial charge on any atom is -0.355 e. The van der Waals surface area contributed by atoms with Crippen LogP contribution in [0.4, 0.5) is 5.82 Å². The van der Waals surface area contributed by atoms with Gasteiger partial charge in [-0.05, 0) is 30.0 Å². The number of carbonyl (C=O) groups is 1. The summed E-state index contributed by atoms with van der Waals surface area (Å²) in [5, 5.41) is 7.92. The van der Waals surface area contributed by atoms with Crippen LogP contribution in [0.1, 0.15) is 6.42 Å². The standard InChI is InChI=1S/C22H23N5OS/c1-2-9-23-20(28)15-26-10-5-11-27(13-12-26)22-18-6-3-4-7-19(18)24-21(25-22)17-8-14-29-16-17/h1,3-4,6-8,14,16H,5,9-13,15H2,(H,23,28). The highest BCUT2D eigenvalue weighted by atomic mass is 32.1. The molecular formula is C22H23N5OS. The van der Waals surface area contributed by atoms with Gasteiger partial charge in [0.2, 0.25) is 5.91 Å². The summed E-state index contributed by atoms with van der Waals surface area (Å²) in [6, 6.07) is 10.2. The molecule has 4 rings (SSSR count). The molecule has 1 aliphatic rings. The van der Waals surface area contributed by atoms with Crippen molar-refractivity contribution in [3.8, 4) is 23.7 Å². The van der Waals surface area contributed by atoms with E-state index >= 15 is 0 Å². The molecule has 0 atom stereocenters. The highest BCUT2D eigenvalue weighted by molar-refractivity contribution is 7.08. The van der Waals surface area contributed by atoms with Crippen molar-refractivity contribution in [1.82, 2.24) is 20.2 Å². The van der Waals surface area contributed by atoms with Gasteiger partial charge in [-0.3, -0.25) is 9.69 Å². The van der Waals surface area contributed by atoms with Crippen LogP contribution < -0.4 is 10.2 Å². The van der Waals surface area contributed by atoms with E-state index < -0.39 is 0 Å². The van der Waals surface area contributed by atoms with Gasteiger partial charge in [-0.2, -0.15) is 11.3 Å². The maximum absolute atomic E-state index is 12.0. The van der Waals surface area contributed by atoms with Crippen LogP contribution in [0.2, 0.25) is 0 Å². The lowest BCUT2D eigenvalue weighted by molar-refractivity contribution is -0.121. The molecule has 6 nitrogen and oxygen atoms in total. The third-order valence-electron chi connectivity index (χ3n) is 5.01. The van der Waals surface area contributed by atoms with E-state index in [-0.39, 0.29) is 12.5 Å². The van der Waals surface area contributed by atoms with Gasteiger partial charge in [-0.25, -0.2) is 9.97 Å². The number of thiophene rings is 1. The van der Waals surface area contributed by atoms with Crippen LogP contribution in [0.25, 0.3) is 22.3 Å². The van der Waals surface area contributed by atoms with Gasteiger partial charge in [-0.1, -0.05) is 18.1 Å². The van der Waals surface area contributed by atoms with Crippen molar-refractivity contribution in [3.05, 3.63) is 41.1 Å². The normalized spacial score (nSPS) is 15.1. The van der Waals surface area contributed by atoms with E-state index in [0.29, 0.717) is 6.54 Å². The van der Waals surface area contributed by atoms with Crippen molar-refractivity contribution in [2.24, 2.45) is 0 Å². The maximum atomic E-state index is 12.0. The highest BCUT2D eigenvalue weighted by Gasteiger charge is 2.20. The van der Waals surface area contributed by atoms with Gasteiger partial charge in [0.05, 0.1) is 18.6 Å². The van der Waals surface area contributed by atoms with Gasteiger partial charge in [0.15, 0.2) is 5.82 Å². The lowest BCUT2D eigenvalue weighted by atomic mass is 10.2. The van der Waals surface area contributed by atoms with E-state index in [4.69, 9.17) is 16.4 Å². The van der Waals surface area contributed by atoms with Crippen molar-refractivity contribution >= 4 is 34.0 Å². The molecule has 3 aromatic rings. The fraction of sp³-hybridized carbons (Fsp3) is 0.318. The molecule has 1 aliphatic heterocycles. The molecule has 0 unspecified atom stereocenters. The number of hydrogen-bond acceptors (Lipinski definition) is 6. The van der Waals surface area contributed by atoms with Crippen LogP contribution in [0.3, 0.4) is 0 Å². The third-order valence-corrected chi connectivity index (χ3v) is 5.69. The largest absolute Gasteiger partial charge is 0.355 e. The lowest BCUT2D eigenvalue weighted by Gasteiger charge is -2.24. The van der Waals surface area contributed by atoms with Gasteiger partial charge in [0.1, 0.15) is 5.82 Å². The molecule has 148 valence electrons. The monoisotopic (exact) mass is 405 g/mol. The number of carbonyl (C=O) groups excluding carboxylic acids is 1. The number of nitrogens with one attached hydrogen (secondary N) is 1. The molecule has 0 aliphatic carbocycles. The van der Waals surface area contributed by atoms with Crippen LogP contribution in [0.15, 0.2) is 41.1 Å². The molecule has 1 aromatic carbocycles. The number of benzene rings is 1. The minimum absolute atomic E-state index is 0.0244. The molecule has 1 amide bonds. The summed E-state index contributed by atoms with van der Waals surface area (Å²) in [4.78, 5) is 26.2. The number of hydrogen-bond donors (Lipinski definition) is 1. The van der Waals surface area contributed by atoms with E-state index in [1.807, 2.05) is 23.6 Å². The first-order chi connectivity index (χ1) is 14.2. The third kappa shape index (κ3) is 4.56. The Hall–Kier alpha value is -2.95. The molecule has 3 heterocycles. The summed E-state index contributed by atoms with van der Waals surface area (Å²) < 4.78 is 0. The Balaban J connectivity index is 1.56. The Labute approximate surface area is 174 Å². The molecular weight excluding hydrogens is 382 g/mol. The summed E-state index contributed by atoms with van der Waals surface area (Å²) in [6.45, 7) is 4.03. The predicted molar refractivity (Wildman–Crippen MR) is 118 cm³/mol. The molecule has 1 saturated heterocycles. The zero-order valence-corrected chi connectivity index (χ0v) is 17.0. The molecule has 0 saturated carbocycles. The fourth-order valence-corrected chi connectivity index (χ4v) is 4.21. The van der Waals surface area contributed by atoms with Crippen LogP contribution in [-0.2, 0) is 4.79 Å². The van der Waals surface area contributed by atoms with E-state index in [1.54, 1.807) is 11.3 Å². The second-order valence-electron chi connectivity index (χ2n) is 7.00. The van der Waals surface area contributed by atoms with Crippen molar-refractivity contribution in [1.29, 1.82) is 0 Å². The summed E-state index contributed by atoms with van der Waals surface area (Å²) in [7, 11) is 0. The van der Waals surface area contributed by atoms with Crippen LogP contribution in [-0.4, -0.2) is 60.0 Å². The van der Waals surface area contributed by atoms with Gasteiger partial charge in [0.25, 0.3) is 0 Å².